The monoisotopic (exact) mass is 293 g/mol. The van der Waals surface area contributed by atoms with Crippen molar-refractivity contribution >= 4 is 11.9 Å². The predicted octanol–water partition coefficient (Wildman–Crippen LogP) is 1.60. The summed E-state index contributed by atoms with van der Waals surface area (Å²) in [5.41, 5.74) is -0.140. The molecule has 0 bridgehead atoms. The molecule has 2 unspecified atom stereocenters. The third kappa shape index (κ3) is 3.93. The standard InChI is InChI=1S/C15H19NO5/c1-10(7-13(17)18)11-3-2-6-16(8-11)15(20)12-4-5-14(19)21-9-12/h4-5,9-11H,2-3,6-8H2,1H3,(H,17,18). The maximum Gasteiger partial charge on any atom is 0.335 e. The summed E-state index contributed by atoms with van der Waals surface area (Å²) in [4.78, 5) is 35.8. The molecule has 2 atom stereocenters. The fraction of sp³-hybridized carbons (Fsp3) is 0.533. The van der Waals surface area contributed by atoms with Crippen LogP contribution in [0.25, 0.3) is 0 Å². The molecule has 1 fully saturated rings. The molecule has 0 aliphatic carbocycles. The molecule has 1 N–H and O–H groups in total. The Morgan fingerprint density at radius 1 is 1.48 bits per heavy atom. The average molecular weight is 293 g/mol. The SMILES string of the molecule is CC(CC(=O)O)C1CCCN(C(=O)c2ccc(=O)oc2)C1. The lowest BCUT2D eigenvalue weighted by Crippen LogP contribution is -2.42. The molecule has 0 radical (unpaired) electrons. The van der Waals surface area contributed by atoms with Crippen LogP contribution in [-0.4, -0.2) is 35.0 Å². The van der Waals surface area contributed by atoms with Crippen LogP contribution in [0.3, 0.4) is 0 Å². The number of piperidine rings is 1. The van der Waals surface area contributed by atoms with E-state index in [1.807, 2.05) is 6.92 Å². The molecule has 1 saturated heterocycles. The Morgan fingerprint density at radius 3 is 2.86 bits per heavy atom. The lowest BCUT2D eigenvalue weighted by Gasteiger charge is -2.35. The number of amides is 1. The van der Waals surface area contributed by atoms with Crippen molar-refractivity contribution in [3.8, 4) is 0 Å². The van der Waals surface area contributed by atoms with E-state index in [2.05, 4.69) is 0 Å². The van der Waals surface area contributed by atoms with Gasteiger partial charge in [0.15, 0.2) is 0 Å². The summed E-state index contributed by atoms with van der Waals surface area (Å²) in [5.74, 6) is -0.761. The van der Waals surface area contributed by atoms with E-state index in [9.17, 15) is 14.4 Å². The van der Waals surface area contributed by atoms with Gasteiger partial charge in [0.1, 0.15) is 6.26 Å². The number of hydrogen-bond acceptors (Lipinski definition) is 4. The first-order valence-corrected chi connectivity index (χ1v) is 7.07. The van der Waals surface area contributed by atoms with Crippen molar-refractivity contribution in [1.29, 1.82) is 0 Å². The summed E-state index contributed by atoms with van der Waals surface area (Å²) in [5, 5.41) is 8.87. The first-order chi connectivity index (χ1) is 9.97. The molecule has 1 aliphatic rings. The maximum atomic E-state index is 12.3. The number of aliphatic carboxylic acids is 1. The highest BCUT2D eigenvalue weighted by atomic mass is 16.4. The van der Waals surface area contributed by atoms with E-state index in [4.69, 9.17) is 9.52 Å². The molecule has 0 saturated carbocycles. The molecule has 1 aliphatic heterocycles. The zero-order valence-electron chi connectivity index (χ0n) is 11.9. The molecule has 2 rings (SSSR count). The molecule has 6 heteroatoms. The highest BCUT2D eigenvalue weighted by Crippen LogP contribution is 2.26. The van der Waals surface area contributed by atoms with Crippen molar-refractivity contribution in [3.05, 3.63) is 34.4 Å². The Hall–Kier alpha value is -2.11. The van der Waals surface area contributed by atoms with Crippen LogP contribution in [0.2, 0.25) is 0 Å². The zero-order chi connectivity index (χ0) is 15.4. The van der Waals surface area contributed by atoms with E-state index in [-0.39, 0.29) is 24.2 Å². The second kappa shape index (κ2) is 6.56. The fourth-order valence-corrected chi connectivity index (χ4v) is 2.76. The van der Waals surface area contributed by atoms with Crippen molar-refractivity contribution in [2.45, 2.75) is 26.2 Å². The van der Waals surface area contributed by atoms with Crippen molar-refractivity contribution < 1.29 is 19.1 Å². The molecule has 1 amide bonds. The van der Waals surface area contributed by atoms with Crippen molar-refractivity contribution in [2.75, 3.05) is 13.1 Å². The lowest BCUT2D eigenvalue weighted by atomic mass is 9.84. The van der Waals surface area contributed by atoms with Crippen molar-refractivity contribution in [3.63, 3.8) is 0 Å². The molecule has 6 nitrogen and oxygen atoms in total. The third-order valence-corrected chi connectivity index (χ3v) is 3.99. The number of carboxylic acids is 1. The number of carbonyl (C=O) groups excluding carboxylic acids is 1. The number of likely N-dealkylation sites (tertiary alicyclic amines) is 1. The van der Waals surface area contributed by atoms with Gasteiger partial charge in [-0.2, -0.15) is 0 Å². The number of hydrogen-bond donors (Lipinski definition) is 1. The average Bonchev–Trinajstić information content (AvgIpc) is 2.47. The first kappa shape index (κ1) is 15.3. The molecular formula is C15H19NO5. The Morgan fingerprint density at radius 2 is 2.24 bits per heavy atom. The van der Waals surface area contributed by atoms with E-state index in [0.717, 1.165) is 12.8 Å². The second-order valence-electron chi connectivity index (χ2n) is 5.57. The van der Waals surface area contributed by atoms with E-state index < -0.39 is 11.6 Å². The minimum atomic E-state index is -0.809. The number of rotatable bonds is 4. The number of carboxylic acid groups (broad SMARTS) is 1. The van der Waals surface area contributed by atoms with Crippen LogP contribution in [0.4, 0.5) is 0 Å². The van der Waals surface area contributed by atoms with Crippen LogP contribution < -0.4 is 5.63 Å². The summed E-state index contributed by atoms with van der Waals surface area (Å²) in [6, 6.07) is 2.68. The van der Waals surface area contributed by atoms with Crippen molar-refractivity contribution in [2.24, 2.45) is 11.8 Å². The normalized spacial score (nSPS) is 20.0. The summed E-state index contributed by atoms with van der Waals surface area (Å²) in [6.07, 6.45) is 3.08. The molecule has 1 aromatic heterocycles. The van der Waals surface area contributed by atoms with E-state index in [1.54, 1.807) is 4.90 Å². The molecule has 1 aromatic rings. The summed E-state index contributed by atoms with van der Waals surface area (Å²) >= 11 is 0. The van der Waals surface area contributed by atoms with E-state index >= 15 is 0 Å². The highest BCUT2D eigenvalue weighted by Gasteiger charge is 2.29. The molecule has 0 aromatic carbocycles. The molecule has 0 spiro atoms. The summed E-state index contributed by atoms with van der Waals surface area (Å²) in [7, 11) is 0. The Balaban J connectivity index is 2.03. The van der Waals surface area contributed by atoms with Gasteiger partial charge in [-0.1, -0.05) is 6.92 Å². The van der Waals surface area contributed by atoms with Crippen LogP contribution in [-0.2, 0) is 4.79 Å². The second-order valence-corrected chi connectivity index (χ2v) is 5.57. The Kier molecular flexibility index (Phi) is 4.77. The minimum Gasteiger partial charge on any atom is -0.481 e. The maximum absolute atomic E-state index is 12.3. The van der Waals surface area contributed by atoms with E-state index in [1.165, 1.54) is 18.4 Å². The summed E-state index contributed by atoms with van der Waals surface area (Å²) < 4.78 is 4.72. The Bertz CT molecular complexity index is 559. The molecular weight excluding hydrogens is 274 g/mol. The smallest absolute Gasteiger partial charge is 0.335 e. The van der Waals surface area contributed by atoms with Crippen LogP contribution in [0.5, 0.6) is 0 Å². The zero-order valence-corrected chi connectivity index (χ0v) is 11.9. The van der Waals surface area contributed by atoms with E-state index in [0.29, 0.717) is 18.7 Å². The third-order valence-electron chi connectivity index (χ3n) is 3.99. The van der Waals surface area contributed by atoms with Gasteiger partial charge < -0.3 is 14.4 Å². The Labute approximate surface area is 122 Å². The van der Waals surface area contributed by atoms with Gasteiger partial charge in [-0.05, 0) is 30.7 Å². The van der Waals surface area contributed by atoms with Gasteiger partial charge in [0.05, 0.1) is 5.56 Å². The van der Waals surface area contributed by atoms with Gasteiger partial charge in [-0.15, -0.1) is 0 Å². The summed E-state index contributed by atoms with van der Waals surface area (Å²) in [6.45, 7) is 3.11. The van der Waals surface area contributed by atoms with Gasteiger partial charge in [0.2, 0.25) is 0 Å². The predicted molar refractivity (Wildman–Crippen MR) is 75.0 cm³/mol. The quantitative estimate of drug-likeness (QED) is 0.911. The first-order valence-electron chi connectivity index (χ1n) is 7.07. The van der Waals surface area contributed by atoms with Gasteiger partial charge in [-0.3, -0.25) is 9.59 Å². The van der Waals surface area contributed by atoms with Gasteiger partial charge in [0, 0.05) is 25.6 Å². The molecule has 2 heterocycles. The topological polar surface area (TPSA) is 87.8 Å². The van der Waals surface area contributed by atoms with Crippen molar-refractivity contribution in [1.82, 2.24) is 4.90 Å². The number of nitrogens with zero attached hydrogens (tertiary/aromatic N) is 1. The van der Waals surface area contributed by atoms with Crippen LogP contribution in [0, 0.1) is 11.8 Å². The molecule has 21 heavy (non-hydrogen) atoms. The highest BCUT2D eigenvalue weighted by molar-refractivity contribution is 5.93. The van der Waals surface area contributed by atoms with Gasteiger partial charge in [-0.25, -0.2) is 4.79 Å². The van der Waals surface area contributed by atoms with Gasteiger partial charge in [0.25, 0.3) is 5.91 Å². The molecule has 114 valence electrons. The van der Waals surface area contributed by atoms with Gasteiger partial charge >= 0.3 is 11.6 Å². The fourth-order valence-electron chi connectivity index (χ4n) is 2.76. The largest absolute Gasteiger partial charge is 0.481 e. The van der Waals surface area contributed by atoms with Crippen LogP contribution >= 0.6 is 0 Å². The van der Waals surface area contributed by atoms with Crippen LogP contribution in [0.1, 0.15) is 36.5 Å². The lowest BCUT2D eigenvalue weighted by molar-refractivity contribution is -0.138. The number of carbonyl (C=O) groups is 2. The van der Waals surface area contributed by atoms with Crippen LogP contribution in [0.15, 0.2) is 27.6 Å². The minimum absolute atomic E-state index is 0.0341.